The van der Waals surface area contributed by atoms with Gasteiger partial charge in [-0.25, -0.2) is 13.1 Å². The van der Waals surface area contributed by atoms with Crippen LogP contribution < -0.4 is 15.2 Å². The summed E-state index contributed by atoms with van der Waals surface area (Å²) < 4.78 is 33.6. The van der Waals surface area contributed by atoms with Crippen LogP contribution in [-0.2, 0) is 10.0 Å². The fourth-order valence-electron chi connectivity index (χ4n) is 2.44. The number of methoxy groups -OCH3 is 1. The predicted octanol–water partition coefficient (Wildman–Crippen LogP) is 2.11. The number of hydrogen-bond donors (Lipinski definition) is 2. The second kappa shape index (κ2) is 6.77. The van der Waals surface area contributed by atoms with Gasteiger partial charge in [0.2, 0.25) is 10.0 Å². The van der Waals surface area contributed by atoms with E-state index in [-0.39, 0.29) is 11.4 Å². The van der Waals surface area contributed by atoms with Gasteiger partial charge in [-0.15, -0.1) is 0 Å². The van der Waals surface area contributed by atoms with Gasteiger partial charge in [0.25, 0.3) is 0 Å². The Morgan fingerprint density at radius 3 is 2.24 bits per heavy atom. The maximum Gasteiger partial charge on any atom is 0.244 e. The minimum atomic E-state index is -3.70. The Kier molecular flexibility index (Phi) is 5.78. The minimum Gasteiger partial charge on any atom is -0.495 e. The summed E-state index contributed by atoms with van der Waals surface area (Å²) in [6.07, 6.45) is 1.26. The lowest BCUT2D eigenvalue weighted by atomic mass is 9.95. The maximum atomic E-state index is 12.8. The van der Waals surface area contributed by atoms with Crippen LogP contribution in [0.5, 0.6) is 5.75 Å². The van der Waals surface area contributed by atoms with Crippen molar-refractivity contribution in [1.82, 2.24) is 4.72 Å². The Bertz CT molecular complexity index is 585. The second-order valence-corrected chi connectivity index (χ2v) is 7.06. The molecule has 0 amide bonds. The van der Waals surface area contributed by atoms with Crippen molar-refractivity contribution in [3.8, 4) is 5.75 Å². The van der Waals surface area contributed by atoms with Crippen LogP contribution in [0.2, 0.25) is 0 Å². The molecule has 0 unspecified atom stereocenters. The monoisotopic (exact) mass is 314 g/mol. The predicted molar refractivity (Wildman–Crippen MR) is 85.2 cm³/mol. The molecule has 21 heavy (non-hydrogen) atoms. The minimum absolute atomic E-state index is 0.169. The van der Waals surface area contributed by atoms with E-state index in [9.17, 15) is 8.42 Å². The number of hydrogen-bond acceptors (Lipinski definition) is 4. The molecule has 0 aliphatic rings. The third kappa shape index (κ3) is 3.75. The fourth-order valence-corrected chi connectivity index (χ4v) is 4.32. The van der Waals surface area contributed by atoms with Crippen LogP contribution in [0, 0.1) is 13.8 Å². The molecule has 0 aliphatic heterocycles. The van der Waals surface area contributed by atoms with Gasteiger partial charge in [-0.3, -0.25) is 0 Å². The summed E-state index contributed by atoms with van der Waals surface area (Å²) in [6.45, 7) is 7.81. The molecule has 0 saturated heterocycles. The van der Waals surface area contributed by atoms with Crippen LogP contribution in [-0.4, -0.2) is 27.6 Å². The van der Waals surface area contributed by atoms with E-state index in [0.29, 0.717) is 18.6 Å². The molecule has 0 spiro atoms. The summed E-state index contributed by atoms with van der Waals surface area (Å²) in [5.74, 6) is 0.381. The zero-order chi connectivity index (χ0) is 16.3. The van der Waals surface area contributed by atoms with Crippen LogP contribution in [0.25, 0.3) is 0 Å². The highest BCUT2D eigenvalue weighted by molar-refractivity contribution is 7.89. The molecule has 0 fully saturated rings. The molecule has 0 saturated carbocycles. The Hall–Kier alpha value is -1.11. The van der Waals surface area contributed by atoms with E-state index in [2.05, 4.69) is 4.72 Å². The normalized spacial score (nSPS) is 12.5. The van der Waals surface area contributed by atoms with Crippen molar-refractivity contribution >= 4 is 10.0 Å². The number of aryl methyl sites for hydroxylation is 2. The van der Waals surface area contributed by atoms with Crippen LogP contribution in [0.1, 0.15) is 37.8 Å². The third-order valence-electron chi connectivity index (χ3n) is 3.97. The third-order valence-corrected chi connectivity index (χ3v) is 5.56. The molecule has 0 aliphatic carbocycles. The highest BCUT2D eigenvalue weighted by atomic mass is 32.2. The van der Waals surface area contributed by atoms with Gasteiger partial charge >= 0.3 is 0 Å². The van der Waals surface area contributed by atoms with Crippen molar-refractivity contribution < 1.29 is 13.2 Å². The second-order valence-electron chi connectivity index (χ2n) is 5.41. The standard InChI is InChI=1S/C15H26N2O3S/c1-6-15(7-2,10-16)17-21(18,19)13-9-11(3)8-12(4)14(13)20-5/h8-9,17H,6-7,10,16H2,1-5H3. The molecule has 0 heterocycles. The molecule has 3 N–H and O–H groups in total. The van der Waals surface area contributed by atoms with Crippen molar-refractivity contribution in [2.24, 2.45) is 5.73 Å². The first kappa shape index (κ1) is 17.9. The largest absolute Gasteiger partial charge is 0.495 e. The summed E-state index contributed by atoms with van der Waals surface area (Å²) >= 11 is 0. The van der Waals surface area contributed by atoms with E-state index in [4.69, 9.17) is 10.5 Å². The first-order chi connectivity index (χ1) is 9.75. The van der Waals surface area contributed by atoms with Crippen molar-refractivity contribution in [2.75, 3.05) is 13.7 Å². The fraction of sp³-hybridized carbons (Fsp3) is 0.600. The number of nitrogens with one attached hydrogen (secondary N) is 1. The highest BCUT2D eigenvalue weighted by Gasteiger charge is 2.32. The van der Waals surface area contributed by atoms with Crippen molar-refractivity contribution in [3.63, 3.8) is 0 Å². The van der Waals surface area contributed by atoms with Gasteiger partial charge in [0.15, 0.2) is 0 Å². The molecule has 0 radical (unpaired) electrons. The molecule has 0 aromatic heterocycles. The van der Waals surface area contributed by atoms with Crippen LogP contribution >= 0.6 is 0 Å². The number of nitrogens with two attached hydrogens (primary N) is 1. The molecule has 1 aromatic rings. The van der Waals surface area contributed by atoms with Gasteiger partial charge in [0.1, 0.15) is 10.6 Å². The lowest BCUT2D eigenvalue weighted by molar-refractivity contribution is 0.360. The molecule has 120 valence electrons. The maximum absolute atomic E-state index is 12.8. The first-order valence-electron chi connectivity index (χ1n) is 7.14. The number of ether oxygens (including phenoxy) is 1. The number of rotatable bonds is 7. The van der Waals surface area contributed by atoms with Crippen LogP contribution in [0.3, 0.4) is 0 Å². The van der Waals surface area contributed by atoms with E-state index >= 15 is 0 Å². The summed E-state index contributed by atoms with van der Waals surface area (Å²) in [4.78, 5) is 0.169. The van der Waals surface area contributed by atoms with E-state index in [1.165, 1.54) is 7.11 Å². The molecule has 5 nitrogen and oxygen atoms in total. The molecule has 1 rings (SSSR count). The van der Waals surface area contributed by atoms with Gasteiger partial charge in [-0.2, -0.15) is 0 Å². The molecule has 0 bridgehead atoms. The van der Waals surface area contributed by atoms with Gasteiger partial charge in [-0.1, -0.05) is 19.9 Å². The Balaban J connectivity index is 3.38. The number of benzene rings is 1. The van der Waals surface area contributed by atoms with Crippen molar-refractivity contribution in [1.29, 1.82) is 0 Å². The summed E-state index contributed by atoms with van der Waals surface area (Å²) in [5, 5.41) is 0. The highest BCUT2D eigenvalue weighted by Crippen LogP contribution is 2.30. The summed E-state index contributed by atoms with van der Waals surface area (Å²) in [6, 6.07) is 3.52. The van der Waals surface area contributed by atoms with Crippen LogP contribution in [0.15, 0.2) is 17.0 Å². The Morgan fingerprint density at radius 2 is 1.81 bits per heavy atom. The van der Waals surface area contributed by atoms with E-state index in [0.717, 1.165) is 11.1 Å². The zero-order valence-corrected chi connectivity index (χ0v) is 14.3. The van der Waals surface area contributed by atoms with E-state index in [1.807, 2.05) is 33.8 Å². The number of sulfonamides is 1. The van der Waals surface area contributed by atoms with Gasteiger partial charge < -0.3 is 10.5 Å². The van der Waals surface area contributed by atoms with Crippen molar-refractivity contribution in [3.05, 3.63) is 23.3 Å². The van der Waals surface area contributed by atoms with E-state index in [1.54, 1.807) is 6.07 Å². The average molecular weight is 314 g/mol. The molecule has 1 aromatic carbocycles. The van der Waals surface area contributed by atoms with Crippen LogP contribution in [0.4, 0.5) is 0 Å². The van der Waals surface area contributed by atoms with Gasteiger partial charge in [0.05, 0.1) is 7.11 Å². The van der Waals surface area contributed by atoms with Gasteiger partial charge in [0, 0.05) is 12.1 Å². The lowest BCUT2D eigenvalue weighted by Crippen LogP contribution is -2.52. The first-order valence-corrected chi connectivity index (χ1v) is 8.62. The van der Waals surface area contributed by atoms with Crippen molar-refractivity contribution in [2.45, 2.75) is 51.0 Å². The Morgan fingerprint density at radius 1 is 1.24 bits per heavy atom. The zero-order valence-electron chi connectivity index (χ0n) is 13.5. The lowest BCUT2D eigenvalue weighted by Gasteiger charge is -2.31. The molecular formula is C15H26N2O3S. The Labute approximate surface area is 127 Å². The molecular weight excluding hydrogens is 288 g/mol. The smallest absolute Gasteiger partial charge is 0.244 e. The van der Waals surface area contributed by atoms with E-state index < -0.39 is 15.6 Å². The molecule has 0 atom stereocenters. The topological polar surface area (TPSA) is 81.4 Å². The summed E-state index contributed by atoms with van der Waals surface area (Å²) in [5.41, 5.74) is 6.83. The quantitative estimate of drug-likeness (QED) is 0.807. The average Bonchev–Trinajstić information content (AvgIpc) is 2.44. The summed E-state index contributed by atoms with van der Waals surface area (Å²) in [7, 11) is -2.22. The molecule has 6 heteroatoms. The SMILES string of the molecule is CCC(CC)(CN)NS(=O)(=O)c1cc(C)cc(C)c1OC. The van der Waals surface area contributed by atoms with Gasteiger partial charge in [-0.05, 0) is 43.9 Å².